The van der Waals surface area contributed by atoms with Gasteiger partial charge in [-0.1, -0.05) is 23.4 Å². The van der Waals surface area contributed by atoms with Gasteiger partial charge in [-0.25, -0.2) is 0 Å². The van der Waals surface area contributed by atoms with Crippen LogP contribution in [0.2, 0.25) is 0 Å². The van der Waals surface area contributed by atoms with E-state index in [0.717, 1.165) is 5.75 Å². The fourth-order valence-corrected chi connectivity index (χ4v) is 2.11. The molecule has 1 atom stereocenters. The molecule has 0 spiro atoms. The van der Waals surface area contributed by atoms with Crippen LogP contribution < -0.4 is 10.1 Å². The van der Waals surface area contributed by atoms with Crippen molar-refractivity contribution >= 4 is 5.91 Å². The summed E-state index contributed by atoms with van der Waals surface area (Å²) >= 11 is 0. The molecule has 0 radical (unpaired) electrons. The number of aromatic nitrogens is 1. The zero-order valence-corrected chi connectivity index (χ0v) is 12.6. The second-order valence-electron chi connectivity index (χ2n) is 5.00. The highest BCUT2D eigenvalue weighted by molar-refractivity contribution is 5.93. The van der Waals surface area contributed by atoms with Crippen LogP contribution in [0.1, 0.15) is 34.8 Å². The van der Waals surface area contributed by atoms with E-state index >= 15 is 0 Å². The van der Waals surface area contributed by atoms with E-state index in [1.54, 1.807) is 12.1 Å². The lowest BCUT2D eigenvalue weighted by atomic mass is 10.2. The Balaban J connectivity index is 1.64. The number of carbonyl (C=O) groups excluding carboxylic acids is 1. The van der Waals surface area contributed by atoms with Gasteiger partial charge in [0, 0.05) is 11.6 Å². The van der Waals surface area contributed by atoms with Crippen LogP contribution in [0.15, 0.2) is 63.9 Å². The van der Waals surface area contributed by atoms with Gasteiger partial charge in [-0.2, -0.15) is 0 Å². The first-order chi connectivity index (χ1) is 11.2. The van der Waals surface area contributed by atoms with E-state index in [2.05, 4.69) is 10.5 Å². The molecule has 0 bridgehead atoms. The number of rotatable bonds is 6. The summed E-state index contributed by atoms with van der Waals surface area (Å²) in [5.74, 6) is 0.643. The first-order valence-corrected chi connectivity index (χ1v) is 7.19. The van der Waals surface area contributed by atoms with E-state index in [1.807, 2.05) is 37.3 Å². The number of benzene rings is 1. The number of amides is 1. The van der Waals surface area contributed by atoms with Gasteiger partial charge in [-0.15, -0.1) is 0 Å². The fourth-order valence-electron chi connectivity index (χ4n) is 2.11. The normalized spacial score (nSPS) is 11.9. The van der Waals surface area contributed by atoms with Crippen LogP contribution in [0.5, 0.6) is 5.75 Å². The summed E-state index contributed by atoms with van der Waals surface area (Å²) < 4.78 is 15.7. The van der Waals surface area contributed by atoms with Crippen LogP contribution in [0.4, 0.5) is 0 Å². The fraction of sp³-hybridized carbons (Fsp3) is 0.176. The molecule has 0 saturated carbocycles. The highest BCUT2D eigenvalue weighted by Crippen LogP contribution is 2.17. The molecule has 0 aliphatic heterocycles. The average molecular weight is 312 g/mol. The number of nitrogens with one attached hydrogen (secondary N) is 1. The van der Waals surface area contributed by atoms with Crippen molar-refractivity contribution in [2.45, 2.75) is 19.6 Å². The van der Waals surface area contributed by atoms with E-state index in [4.69, 9.17) is 13.7 Å². The molecule has 1 aromatic carbocycles. The molecule has 1 amide bonds. The second kappa shape index (κ2) is 6.83. The monoisotopic (exact) mass is 312 g/mol. The predicted molar refractivity (Wildman–Crippen MR) is 81.9 cm³/mol. The Hall–Kier alpha value is -3.02. The van der Waals surface area contributed by atoms with Gasteiger partial charge in [0.25, 0.3) is 5.91 Å². The van der Waals surface area contributed by atoms with Crippen molar-refractivity contribution in [3.05, 3.63) is 72.0 Å². The van der Waals surface area contributed by atoms with Crippen molar-refractivity contribution in [1.82, 2.24) is 10.5 Å². The third-order valence-corrected chi connectivity index (χ3v) is 3.34. The van der Waals surface area contributed by atoms with Crippen LogP contribution in [-0.4, -0.2) is 11.1 Å². The number of carbonyl (C=O) groups is 1. The number of ether oxygens (including phenoxy) is 1. The van der Waals surface area contributed by atoms with Crippen LogP contribution in [0, 0.1) is 0 Å². The Morgan fingerprint density at radius 1 is 1.22 bits per heavy atom. The van der Waals surface area contributed by atoms with Crippen LogP contribution in [-0.2, 0) is 6.61 Å². The molecule has 1 unspecified atom stereocenters. The number of hydrogen-bond acceptors (Lipinski definition) is 5. The summed E-state index contributed by atoms with van der Waals surface area (Å²) in [6.45, 7) is 2.07. The average Bonchev–Trinajstić information content (AvgIpc) is 3.25. The molecule has 3 rings (SSSR count). The Morgan fingerprint density at radius 2 is 2.04 bits per heavy atom. The van der Waals surface area contributed by atoms with Gasteiger partial charge in [0.05, 0.1) is 12.3 Å². The minimum atomic E-state index is -0.322. The van der Waals surface area contributed by atoms with Crippen LogP contribution in [0.25, 0.3) is 0 Å². The molecule has 0 fully saturated rings. The number of furan rings is 1. The zero-order chi connectivity index (χ0) is 16.1. The predicted octanol–water partition coefficient (Wildman–Crippen LogP) is 3.34. The first-order valence-electron chi connectivity index (χ1n) is 7.19. The van der Waals surface area contributed by atoms with Gasteiger partial charge in [-0.05, 0) is 25.1 Å². The topological polar surface area (TPSA) is 77.5 Å². The Labute approximate surface area is 133 Å². The number of nitrogens with zero attached hydrogens (tertiary/aromatic N) is 1. The third-order valence-electron chi connectivity index (χ3n) is 3.34. The maximum atomic E-state index is 12.3. The molecule has 1 N–H and O–H groups in total. The SMILES string of the molecule is CC(NC(=O)c1occc1COc1ccccc1)c1ccon1. The third kappa shape index (κ3) is 3.60. The molecule has 3 aromatic rings. The van der Waals surface area contributed by atoms with Crippen LogP contribution in [0.3, 0.4) is 0 Å². The summed E-state index contributed by atoms with van der Waals surface area (Å²) in [5.41, 5.74) is 1.32. The summed E-state index contributed by atoms with van der Waals surface area (Å²) in [4.78, 5) is 12.3. The van der Waals surface area contributed by atoms with Crippen molar-refractivity contribution in [2.24, 2.45) is 0 Å². The van der Waals surface area contributed by atoms with Crippen molar-refractivity contribution in [1.29, 1.82) is 0 Å². The lowest BCUT2D eigenvalue weighted by Crippen LogP contribution is -2.27. The molecule has 2 heterocycles. The summed E-state index contributed by atoms with van der Waals surface area (Å²) in [5, 5.41) is 6.62. The molecular formula is C17H16N2O4. The Morgan fingerprint density at radius 3 is 2.78 bits per heavy atom. The molecule has 0 saturated heterocycles. The maximum absolute atomic E-state index is 12.3. The van der Waals surface area contributed by atoms with E-state index in [1.165, 1.54) is 12.5 Å². The van der Waals surface area contributed by atoms with Gasteiger partial charge in [-0.3, -0.25) is 4.79 Å². The first kappa shape index (κ1) is 14.9. The van der Waals surface area contributed by atoms with E-state index in [9.17, 15) is 4.79 Å². The molecule has 2 aromatic heterocycles. The highest BCUT2D eigenvalue weighted by atomic mass is 16.5. The molecule has 23 heavy (non-hydrogen) atoms. The molecule has 0 aliphatic carbocycles. The van der Waals surface area contributed by atoms with Crippen LogP contribution >= 0.6 is 0 Å². The lowest BCUT2D eigenvalue weighted by Gasteiger charge is -2.11. The molecule has 6 heteroatoms. The van der Waals surface area contributed by atoms with Gasteiger partial charge in [0.15, 0.2) is 5.76 Å². The van der Waals surface area contributed by atoms with Crippen molar-refractivity contribution in [3.8, 4) is 5.75 Å². The van der Waals surface area contributed by atoms with E-state index in [0.29, 0.717) is 11.3 Å². The Bertz CT molecular complexity index is 750. The van der Waals surface area contributed by atoms with Gasteiger partial charge >= 0.3 is 0 Å². The number of para-hydroxylation sites is 1. The van der Waals surface area contributed by atoms with Crippen molar-refractivity contribution in [2.75, 3.05) is 0 Å². The molecule has 0 aliphatic rings. The quantitative estimate of drug-likeness (QED) is 0.755. The molecule has 118 valence electrons. The van der Waals surface area contributed by atoms with Crippen molar-refractivity contribution < 1.29 is 18.5 Å². The lowest BCUT2D eigenvalue weighted by molar-refractivity contribution is 0.0907. The highest BCUT2D eigenvalue weighted by Gasteiger charge is 2.19. The minimum absolute atomic E-state index is 0.233. The van der Waals surface area contributed by atoms with Gasteiger partial charge < -0.3 is 19.0 Å². The summed E-state index contributed by atoms with van der Waals surface area (Å²) in [7, 11) is 0. The largest absolute Gasteiger partial charge is 0.489 e. The second-order valence-corrected chi connectivity index (χ2v) is 5.00. The van der Waals surface area contributed by atoms with Crippen molar-refractivity contribution in [3.63, 3.8) is 0 Å². The van der Waals surface area contributed by atoms with E-state index < -0.39 is 0 Å². The molecular weight excluding hydrogens is 296 g/mol. The molecule has 6 nitrogen and oxygen atoms in total. The number of hydrogen-bond donors (Lipinski definition) is 1. The summed E-state index contributed by atoms with van der Waals surface area (Å²) in [6, 6.07) is 12.5. The smallest absolute Gasteiger partial charge is 0.287 e. The standard InChI is InChI=1S/C17H16N2O4/c1-12(15-8-10-23-19-15)18-17(20)16-13(7-9-21-16)11-22-14-5-3-2-4-6-14/h2-10,12H,11H2,1H3,(H,18,20). The zero-order valence-electron chi connectivity index (χ0n) is 12.6. The minimum Gasteiger partial charge on any atom is -0.489 e. The Kier molecular flexibility index (Phi) is 4.42. The van der Waals surface area contributed by atoms with Gasteiger partial charge in [0.1, 0.15) is 24.3 Å². The van der Waals surface area contributed by atoms with Gasteiger partial charge in [0.2, 0.25) is 0 Å². The maximum Gasteiger partial charge on any atom is 0.287 e. The van der Waals surface area contributed by atoms with E-state index in [-0.39, 0.29) is 24.3 Å². The summed E-state index contributed by atoms with van der Waals surface area (Å²) in [6.07, 6.45) is 2.93.